The van der Waals surface area contributed by atoms with Crippen LogP contribution in [-0.2, 0) is 11.3 Å². The highest BCUT2D eigenvalue weighted by Gasteiger charge is 2.16. The fraction of sp³-hybridized carbons (Fsp3) is 0.115. The number of hydrogen-bond donors (Lipinski definition) is 2. The molecular weight excluding hydrogens is 434 g/mol. The fourth-order valence-electron chi connectivity index (χ4n) is 3.11. The molecule has 3 aromatic carbocycles. The first-order chi connectivity index (χ1) is 16.0. The van der Waals surface area contributed by atoms with Gasteiger partial charge in [0.25, 0.3) is 5.91 Å². The number of anilines is 1. The Balaban J connectivity index is 1.61. The number of carbonyl (C=O) groups excluding carboxylic acids is 2. The van der Waals surface area contributed by atoms with Gasteiger partial charge in [-0.15, -0.1) is 0 Å². The Kier molecular flexibility index (Phi) is 8.32. The number of methoxy groups -OCH3 is 1. The molecule has 0 spiro atoms. The third-order valence-corrected chi connectivity index (χ3v) is 5.00. The third kappa shape index (κ3) is 7.02. The van der Waals surface area contributed by atoms with E-state index in [1.165, 1.54) is 6.08 Å². The summed E-state index contributed by atoms with van der Waals surface area (Å²) in [4.78, 5) is 26.9. The quantitative estimate of drug-likeness (QED) is 0.402. The average molecular weight is 460 g/mol. The molecule has 3 aromatic rings. The van der Waals surface area contributed by atoms with Crippen molar-refractivity contribution in [3.63, 3.8) is 0 Å². The number of ether oxygens (including phenoxy) is 1. The summed E-state index contributed by atoms with van der Waals surface area (Å²) in [5.41, 5.74) is 2.86. The smallest absolute Gasteiger partial charge is 0.256 e. The maximum absolute atomic E-state index is 13.0. The van der Waals surface area contributed by atoms with Gasteiger partial charge in [-0.25, -0.2) is 0 Å². The molecule has 0 atom stereocenters. The van der Waals surface area contributed by atoms with E-state index in [0.717, 1.165) is 16.9 Å². The molecule has 0 saturated heterocycles. The highest BCUT2D eigenvalue weighted by molar-refractivity contribution is 7.80. The molecular formula is C26H25N3O3S. The largest absolute Gasteiger partial charge is 0.497 e. The van der Waals surface area contributed by atoms with Crippen molar-refractivity contribution in [2.45, 2.75) is 6.54 Å². The fourth-order valence-corrected chi connectivity index (χ4v) is 3.32. The minimum Gasteiger partial charge on any atom is -0.497 e. The summed E-state index contributed by atoms with van der Waals surface area (Å²) in [6.45, 7) is 0.478. The molecule has 0 aliphatic carbocycles. The Morgan fingerprint density at radius 2 is 1.64 bits per heavy atom. The van der Waals surface area contributed by atoms with Crippen LogP contribution in [0, 0.1) is 0 Å². The summed E-state index contributed by atoms with van der Waals surface area (Å²) in [6, 6.07) is 24.1. The zero-order valence-electron chi connectivity index (χ0n) is 18.4. The number of hydrogen-bond acceptors (Lipinski definition) is 4. The van der Waals surface area contributed by atoms with Crippen LogP contribution in [0.4, 0.5) is 5.69 Å². The molecule has 0 saturated carbocycles. The Morgan fingerprint density at radius 1 is 0.970 bits per heavy atom. The summed E-state index contributed by atoms with van der Waals surface area (Å²) >= 11 is 5.27. The first-order valence-electron chi connectivity index (χ1n) is 10.3. The van der Waals surface area contributed by atoms with E-state index < -0.39 is 0 Å². The van der Waals surface area contributed by atoms with Gasteiger partial charge in [0, 0.05) is 19.7 Å². The molecule has 6 nitrogen and oxygen atoms in total. The number of nitrogens with zero attached hydrogens (tertiary/aromatic N) is 1. The lowest BCUT2D eigenvalue weighted by atomic mass is 10.1. The Morgan fingerprint density at radius 3 is 2.33 bits per heavy atom. The van der Waals surface area contributed by atoms with Crippen molar-refractivity contribution in [1.29, 1.82) is 0 Å². The Bertz CT molecular complexity index is 1140. The van der Waals surface area contributed by atoms with Gasteiger partial charge in [-0.3, -0.25) is 14.9 Å². The van der Waals surface area contributed by atoms with Gasteiger partial charge in [-0.1, -0.05) is 54.6 Å². The van der Waals surface area contributed by atoms with Crippen LogP contribution in [0.25, 0.3) is 6.08 Å². The van der Waals surface area contributed by atoms with Crippen molar-refractivity contribution in [2.24, 2.45) is 0 Å². The van der Waals surface area contributed by atoms with Crippen molar-refractivity contribution >= 4 is 40.9 Å². The number of rotatable bonds is 7. The molecule has 0 heterocycles. The Hall–Kier alpha value is -3.97. The van der Waals surface area contributed by atoms with E-state index >= 15 is 0 Å². The van der Waals surface area contributed by atoms with E-state index in [1.807, 2.05) is 54.6 Å². The molecule has 0 radical (unpaired) electrons. The highest BCUT2D eigenvalue weighted by Crippen LogP contribution is 2.18. The first-order valence-corrected chi connectivity index (χ1v) is 10.7. The minimum absolute atomic E-state index is 0.102. The van der Waals surface area contributed by atoms with Crippen LogP contribution >= 0.6 is 12.2 Å². The zero-order valence-corrected chi connectivity index (χ0v) is 19.3. The van der Waals surface area contributed by atoms with Gasteiger partial charge in [-0.05, 0) is 53.7 Å². The predicted octanol–water partition coefficient (Wildman–Crippen LogP) is 4.49. The molecule has 0 bridgehead atoms. The lowest BCUT2D eigenvalue weighted by Crippen LogP contribution is -2.34. The van der Waals surface area contributed by atoms with Gasteiger partial charge in [0.1, 0.15) is 5.75 Å². The van der Waals surface area contributed by atoms with Crippen molar-refractivity contribution < 1.29 is 14.3 Å². The molecule has 0 aliphatic rings. The van der Waals surface area contributed by atoms with Gasteiger partial charge in [0.15, 0.2) is 5.11 Å². The van der Waals surface area contributed by atoms with E-state index in [2.05, 4.69) is 10.6 Å². The molecule has 3 rings (SSSR count). The van der Waals surface area contributed by atoms with E-state index in [1.54, 1.807) is 49.4 Å². The molecule has 2 amide bonds. The van der Waals surface area contributed by atoms with Crippen LogP contribution < -0.4 is 15.4 Å². The lowest BCUT2D eigenvalue weighted by Gasteiger charge is -2.20. The van der Waals surface area contributed by atoms with Crippen LogP contribution in [0.3, 0.4) is 0 Å². The van der Waals surface area contributed by atoms with Crippen molar-refractivity contribution in [3.05, 3.63) is 102 Å². The number of benzene rings is 3. The third-order valence-electron chi connectivity index (χ3n) is 4.79. The minimum atomic E-state index is -0.381. The molecule has 0 aliphatic heterocycles. The van der Waals surface area contributed by atoms with Crippen molar-refractivity contribution in [1.82, 2.24) is 10.2 Å². The summed E-state index contributed by atoms with van der Waals surface area (Å²) in [5.74, 6) is 0.202. The van der Waals surface area contributed by atoms with Gasteiger partial charge < -0.3 is 15.0 Å². The molecule has 0 aromatic heterocycles. The van der Waals surface area contributed by atoms with Crippen LogP contribution in [0.15, 0.2) is 84.9 Å². The summed E-state index contributed by atoms with van der Waals surface area (Å²) in [7, 11) is 3.34. The standard InChI is InChI=1S/C26H25N3O3S/c1-29(18-20-8-4-3-5-9-20)25(31)22-10-6-7-11-23(22)27-26(33)28-24(30)17-14-19-12-15-21(32-2)16-13-19/h3-17H,18H2,1-2H3,(H2,27,28,30,33). The van der Waals surface area contributed by atoms with Crippen molar-refractivity contribution in [3.8, 4) is 5.75 Å². The second-order valence-corrected chi connectivity index (χ2v) is 7.65. The van der Waals surface area contributed by atoms with Gasteiger partial charge in [-0.2, -0.15) is 0 Å². The molecule has 33 heavy (non-hydrogen) atoms. The number of para-hydroxylation sites is 1. The van der Waals surface area contributed by atoms with Crippen molar-refractivity contribution in [2.75, 3.05) is 19.5 Å². The summed E-state index contributed by atoms with van der Waals surface area (Å²) in [5, 5.41) is 5.66. The molecule has 7 heteroatoms. The molecule has 2 N–H and O–H groups in total. The molecule has 168 valence electrons. The van der Waals surface area contributed by atoms with Crippen LogP contribution in [0.1, 0.15) is 21.5 Å². The second kappa shape index (κ2) is 11.6. The summed E-state index contributed by atoms with van der Waals surface area (Å²) in [6.07, 6.45) is 3.06. The number of amides is 2. The molecule has 0 unspecified atom stereocenters. The highest BCUT2D eigenvalue weighted by atomic mass is 32.1. The van der Waals surface area contributed by atoms with Gasteiger partial charge in [0.2, 0.25) is 5.91 Å². The number of carbonyl (C=O) groups is 2. The van der Waals surface area contributed by atoms with Crippen LogP contribution in [0.5, 0.6) is 5.75 Å². The number of nitrogens with one attached hydrogen (secondary N) is 2. The second-order valence-electron chi connectivity index (χ2n) is 7.24. The van der Waals surface area contributed by atoms with Crippen LogP contribution in [-0.4, -0.2) is 36.0 Å². The summed E-state index contributed by atoms with van der Waals surface area (Å²) < 4.78 is 5.12. The normalized spacial score (nSPS) is 10.5. The molecule has 0 fully saturated rings. The maximum Gasteiger partial charge on any atom is 0.256 e. The van der Waals surface area contributed by atoms with E-state index in [0.29, 0.717) is 17.8 Å². The average Bonchev–Trinajstić information content (AvgIpc) is 2.83. The van der Waals surface area contributed by atoms with E-state index in [-0.39, 0.29) is 16.9 Å². The van der Waals surface area contributed by atoms with Crippen LogP contribution in [0.2, 0.25) is 0 Å². The monoisotopic (exact) mass is 459 g/mol. The SMILES string of the molecule is COc1ccc(C=CC(=O)NC(=S)Nc2ccccc2C(=O)N(C)Cc2ccccc2)cc1. The van der Waals surface area contributed by atoms with E-state index in [4.69, 9.17) is 17.0 Å². The van der Waals surface area contributed by atoms with Gasteiger partial charge in [0.05, 0.1) is 18.4 Å². The lowest BCUT2D eigenvalue weighted by molar-refractivity contribution is -0.115. The van der Waals surface area contributed by atoms with E-state index in [9.17, 15) is 9.59 Å². The maximum atomic E-state index is 13.0. The number of thiocarbonyl (C=S) groups is 1. The first kappa shape index (κ1) is 23.7. The Labute approximate surface area is 198 Å². The van der Waals surface area contributed by atoms with Gasteiger partial charge >= 0.3 is 0 Å². The zero-order chi connectivity index (χ0) is 23.6. The topological polar surface area (TPSA) is 70.7 Å². The predicted molar refractivity (Wildman–Crippen MR) is 135 cm³/mol.